The summed E-state index contributed by atoms with van der Waals surface area (Å²) in [7, 11) is 0. The molecule has 4 heteroatoms. The second-order valence-electron chi connectivity index (χ2n) is 6.43. The van der Waals surface area contributed by atoms with E-state index in [1.807, 2.05) is 56.3 Å². The van der Waals surface area contributed by atoms with E-state index in [1.165, 1.54) is 5.56 Å². The van der Waals surface area contributed by atoms with Gasteiger partial charge in [0.15, 0.2) is 0 Å². The minimum atomic E-state index is -0.675. The third-order valence-corrected chi connectivity index (χ3v) is 3.87. The number of benzene rings is 2. The van der Waals surface area contributed by atoms with Gasteiger partial charge in [0.25, 0.3) is 0 Å². The molecule has 2 rings (SSSR count). The lowest BCUT2D eigenvalue weighted by Gasteiger charge is -2.13. The van der Waals surface area contributed by atoms with Crippen LogP contribution in [0.4, 0.5) is 11.4 Å². The third-order valence-electron chi connectivity index (χ3n) is 3.87. The number of amides is 2. The summed E-state index contributed by atoms with van der Waals surface area (Å²) in [5.41, 5.74) is 3.46. The number of rotatable bonds is 4. The summed E-state index contributed by atoms with van der Waals surface area (Å²) in [5.74, 6) is -0.666. The highest BCUT2D eigenvalue weighted by atomic mass is 16.2. The molecule has 0 heterocycles. The highest BCUT2D eigenvalue weighted by Gasteiger charge is 2.16. The van der Waals surface area contributed by atoms with Gasteiger partial charge in [0.1, 0.15) is 0 Å². The molecule has 0 saturated heterocycles. The molecule has 2 aromatic rings. The molecule has 24 heavy (non-hydrogen) atoms. The lowest BCUT2D eigenvalue weighted by molar-refractivity contribution is -0.133. The van der Waals surface area contributed by atoms with Gasteiger partial charge in [-0.15, -0.1) is 0 Å². The summed E-state index contributed by atoms with van der Waals surface area (Å²) >= 11 is 0. The van der Waals surface area contributed by atoms with E-state index in [9.17, 15) is 9.59 Å². The zero-order chi connectivity index (χ0) is 17.7. The van der Waals surface area contributed by atoms with E-state index in [-0.39, 0.29) is 5.92 Å². The summed E-state index contributed by atoms with van der Waals surface area (Å²) in [6.45, 7) is 8.29. The summed E-state index contributed by atoms with van der Waals surface area (Å²) in [5, 5.41) is 5.32. The van der Waals surface area contributed by atoms with Gasteiger partial charge in [-0.1, -0.05) is 58.0 Å². The quantitative estimate of drug-likeness (QED) is 0.813. The van der Waals surface area contributed by atoms with E-state index in [4.69, 9.17) is 0 Å². The Balaban J connectivity index is 2.04. The van der Waals surface area contributed by atoms with E-state index in [0.717, 1.165) is 5.56 Å². The van der Waals surface area contributed by atoms with Crippen LogP contribution < -0.4 is 10.6 Å². The average molecular weight is 324 g/mol. The van der Waals surface area contributed by atoms with Crippen LogP contribution in [0.3, 0.4) is 0 Å². The molecule has 0 saturated carbocycles. The van der Waals surface area contributed by atoms with Gasteiger partial charge >= 0.3 is 11.8 Å². The Labute approximate surface area is 143 Å². The van der Waals surface area contributed by atoms with Gasteiger partial charge in [0.05, 0.1) is 0 Å². The highest BCUT2D eigenvalue weighted by molar-refractivity contribution is 6.43. The summed E-state index contributed by atoms with van der Waals surface area (Å²) in [6, 6.07) is 15.0. The fraction of sp³-hybridized carbons (Fsp3) is 0.300. The van der Waals surface area contributed by atoms with Crippen LogP contribution >= 0.6 is 0 Å². The summed E-state index contributed by atoms with van der Waals surface area (Å²) < 4.78 is 0. The predicted molar refractivity (Wildman–Crippen MR) is 98.3 cm³/mol. The van der Waals surface area contributed by atoms with Crippen molar-refractivity contribution in [1.29, 1.82) is 0 Å². The lowest BCUT2D eigenvalue weighted by atomic mass is 10.0. The first-order valence-electron chi connectivity index (χ1n) is 8.19. The molecule has 0 atom stereocenters. The maximum absolute atomic E-state index is 12.1. The molecule has 2 amide bonds. The number of hydrogen-bond donors (Lipinski definition) is 2. The number of nitrogens with one attached hydrogen (secondary N) is 2. The van der Waals surface area contributed by atoms with E-state index in [1.54, 1.807) is 6.07 Å². The van der Waals surface area contributed by atoms with E-state index >= 15 is 0 Å². The Kier molecular flexibility index (Phi) is 5.74. The maximum Gasteiger partial charge on any atom is 0.314 e. The number of para-hydroxylation sites is 1. The Morgan fingerprint density at radius 3 is 1.92 bits per heavy atom. The first kappa shape index (κ1) is 17.7. The Morgan fingerprint density at radius 1 is 0.750 bits per heavy atom. The predicted octanol–water partition coefficient (Wildman–Crippen LogP) is 4.51. The lowest BCUT2D eigenvalue weighted by Crippen LogP contribution is -2.29. The zero-order valence-corrected chi connectivity index (χ0v) is 14.6. The van der Waals surface area contributed by atoms with Crippen molar-refractivity contribution < 1.29 is 9.59 Å². The number of carbonyl (C=O) groups excluding carboxylic acids is 2. The van der Waals surface area contributed by atoms with Crippen molar-refractivity contribution in [3.63, 3.8) is 0 Å². The van der Waals surface area contributed by atoms with Crippen LogP contribution in [-0.4, -0.2) is 11.8 Å². The minimum absolute atomic E-state index is 0.258. The summed E-state index contributed by atoms with van der Waals surface area (Å²) in [6.07, 6.45) is 0. The first-order valence-corrected chi connectivity index (χ1v) is 8.19. The monoisotopic (exact) mass is 324 g/mol. The van der Waals surface area contributed by atoms with Gasteiger partial charge in [0.2, 0.25) is 0 Å². The van der Waals surface area contributed by atoms with Crippen LogP contribution in [-0.2, 0) is 9.59 Å². The maximum atomic E-state index is 12.1. The Morgan fingerprint density at radius 2 is 1.33 bits per heavy atom. The number of hydrogen-bond acceptors (Lipinski definition) is 2. The fourth-order valence-corrected chi connectivity index (χ4v) is 2.43. The fourth-order valence-electron chi connectivity index (χ4n) is 2.43. The van der Waals surface area contributed by atoms with Gasteiger partial charge in [-0.25, -0.2) is 0 Å². The highest BCUT2D eigenvalue weighted by Crippen LogP contribution is 2.23. The Hall–Kier alpha value is -2.62. The molecule has 0 fully saturated rings. The SMILES string of the molecule is CC(C)c1ccc(NC(=O)C(=O)Nc2ccccc2C(C)C)cc1. The molecule has 0 aliphatic rings. The van der Waals surface area contributed by atoms with E-state index in [2.05, 4.69) is 24.5 Å². The van der Waals surface area contributed by atoms with Crippen molar-refractivity contribution in [3.8, 4) is 0 Å². The normalized spacial score (nSPS) is 10.8. The van der Waals surface area contributed by atoms with Gasteiger partial charge in [0, 0.05) is 11.4 Å². The molecule has 0 aromatic heterocycles. The molecule has 0 spiro atoms. The molecule has 0 unspecified atom stereocenters. The molecule has 4 nitrogen and oxygen atoms in total. The van der Waals surface area contributed by atoms with Gasteiger partial charge in [-0.2, -0.15) is 0 Å². The van der Waals surface area contributed by atoms with E-state index < -0.39 is 11.8 Å². The Bertz CT molecular complexity index is 719. The topological polar surface area (TPSA) is 58.2 Å². The second kappa shape index (κ2) is 7.77. The minimum Gasteiger partial charge on any atom is -0.318 e. The smallest absolute Gasteiger partial charge is 0.314 e. The standard InChI is InChI=1S/C20H24N2O2/c1-13(2)15-9-11-16(12-10-15)21-19(23)20(24)22-18-8-6-5-7-17(18)14(3)4/h5-14H,1-4H3,(H,21,23)(H,22,24). The first-order chi connectivity index (χ1) is 11.4. The molecular formula is C20H24N2O2. The molecule has 0 radical (unpaired) electrons. The van der Waals surface area contributed by atoms with E-state index in [0.29, 0.717) is 17.3 Å². The largest absolute Gasteiger partial charge is 0.318 e. The molecule has 0 aliphatic heterocycles. The van der Waals surface area contributed by atoms with Crippen molar-refractivity contribution in [2.45, 2.75) is 39.5 Å². The number of anilines is 2. The van der Waals surface area contributed by atoms with Gasteiger partial charge in [-0.05, 0) is 41.2 Å². The van der Waals surface area contributed by atoms with Crippen LogP contribution in [0.25, 0.3) is 0 Å². The van der Waals surface area contributed by atoms with Crippen LogP contribution in [0.15, 0.2) is 48.5 Å². The molecule has 2 aromatic carbocycles. The molecule has 2 N–H and O–H groups in total. The average Bonchev–Trinajstić information content (AvgIpc) is 2.55. The van der Waals surface area contributed by atoms with Gasteiger partial charge < -0.3 is 10.6 Å². The zero-order valence-electron chi connectivity index (χ0n) is 14.6. The van der Waals surface area contributed by atoms with Crippen LogP contribution in [0, 0.1) is 0 Å². The van der Waals surface area contributed by atoms with Crippen LogP contribution in [0.1, 0.15) is 50.7 Å². The number of carbonyl (C=O) groups is 2. The second-order valence-corrected chi connectivity index (χ2v) is 6.43. The molecule has 126 valence electrons. The van der Waals surface area contributed by atoms with Crippen molar-refractivity contribution in [3.05, 3.63) is 59.7 Å². The van der Waals surface area contributed by atoms with Crippen LogP contribution in [0.2, 0.25) is 0 Å². The van der Waals surface area contributed by atoms with Gasteiger partial charge in [-0.3, -0.25) is 9.59 Å². The van der Waals surface area contributed by atoms with Crippen molar-refractivity contribution in [1.82, 2.24) is 0 Å². The van der Waals surface area contributed by atoms with Crippen molar-refractivity contribution >= 4 is 23.2 Å². The van der Waals surface area contributed by atoms with Crippen molar-refractivity contribution in [2.24, 2.45) is 0 Å². The van der Waals surface area contributed by atoms with Crippen molar-refractivity contribution in [2.75, 3.05) is 10.6 Å². The molecule has 0 bridgehead atoms. The third kappa shape index (κ3) is 4.44. The molecule has 0 aliphatic carbocycles. The van der Waals surface area contributed by atoms with Crippen LogP contribution in [0.5, 0.6) is 0 Å². The summed E-state index contributed by atoms with van der Waals surface area (Å²) in [4.78, 5) is 24.2. The molecular weight excluding hydrogens is 300 g/mol.